The smallest absolute Gasteiger partial charge is 0.0417 e. The Hall–Kier alpha value is -0.830. The number of fused-ring (bicyclic) bond motifs is 3. The normalized spacial score (nSPS) is 24.1. The summed E-state index contributed by atoms with van der Waals surface area (Å²) in [7, 11) is 4.40. The zero-order chi connectivity index (χ0) is 14.4. The molecule has 0 spiro atoms. The molecule has 0 amide bonds. The first-order valence-corrected chi connectivity index (χ1v) is 8.93. The Labute approximate surface area is 143 Å². The maximum atomic E-state index is 2.36. The van der Waals surface area contributed by atoms with Crippen LogP contribution in [0.4, 0.5) is 0 Å². The number of rotatable bonds is 3. The second kappa shape index (κ2) is 6.35. The Kier molecular flexibility index (Phi) is 4.63. The Morgan fingerprint density at radius 2 is 2.05 bits per heavy atom. The topological polar surface area (TPSA) is 3.24 Å². The fraction of sp³-hybridized carbons (Fsp3) is 0.474. The fourth-order valence-electron chi connectivity index (χ4n) is 4.42. The molecule has 0 saturated heterocycles. The van der Waals surface area contributed by atoms with Crippen LogP contribution in [-0.4, -0.2) is 25.5 Å². The third kappa shape index (κ3) is 2.73. The summed E-state index contributed by atoms with van der Waals surface area (Å²) in [6.07, 6.45) is 5.59. The molecule has 1 heterocycles. The minimum atomic E-state index is 0. The van der Waals surface area contributed by atoms with Gasteiger partial charge in [0, 0.05) is 11.2 Å². The van der Waals surface area contributed by atoms with Gasteiger partial charge >= 0.3 is 0 Å². The molecule has 3 heteroatoms. The molecular formula is C19H24ClNS. The Bertz CT molecular complexity index is 700. The van der Waals surface area contributed by atoms with Gasteiger partial charge in [-0.1, -0.05) is 23.8 Å². The molecule has 2 aromatic rings. The van der Waals surface area contributed by atoms with Gasteiger partial charge in [-0.25, -0.2) is 0 Å². The van der Waals surface area contributed by atoms with Gasteiger partial charge < -0.3 is 4.90 Å². The largest absolute Gasteiger partial charge is 0.305 e. The van der Waals surface area contributed by atoms with Crippen molar-refractivity contribution in [2.45, 2.75) is 25.7 Å². The number of hydrogen-bond acceptors (Lipinski definition) is 2. The van der Waals surface area contributed by atoms with Gasteiger partial charge in [-0.2, -0.15) is 0 Å². The summed E-state index contributed by atoms with van der Waals surface area (Å²) in [5.74, 6) is 1.77. The van der Waals surface area contributed by atoms with Crippen molar-refractivity contribution >= 4 is 39.4 Å². The molecule has 1 aromatic heterocycles. The van der Waals surface area contributed by atoms with E-state index in [1.807, 2.05) is 11.3 Å². The monoisotopic (exact) mass is 333 g/mol. The predicted octanol–water partition coefficient (Wildman–Crippen LogP) is 5.46. The van der Waals surface area contributed by atoms with Gasteiger partial charge in [-0.05, 0) is 79.6 Å². The summed E-state index contributed by atoms with van der Waals surface area (Å²) in [4.78, 5) is 2.34. The van der Waals surface area contributed by atoms with Crippen LogP contribution in [0.3, 0.4) is 0 Å². The summed E-state index contributed by atoms with van der Waals surface area (Å²) >= 11 is 1.91. The van der Waals surface area contributed by atoms with Crippen LogP contribution in [0.5, 0.6) is 0 Å². The summed E-state index contributed by atoms with van der Waals surface area (Å²) in [6.45, 7) is 1.13. The Morgan fingerprint density at radius 3 is 2.86 bits per heavy atom. The molecule has 2 atom stereocenters. The van der Waals surface area contributed by atoms with E-state index in [4.69, 9.17) is 0 Å². The van der Waals surface area contributed by atoms with Crippen LogP contribution in [0.2, 0.25) is 0 Å². The second-order valence-corrected chi connectivity index (χ2v) is 7.90. The number of nitrogens with zero attached hydrogens (tertiary/aromatic N) is 1. The molecule has 118 valence electrons. The van der Waals surface area contributed by atoms with E-state index in [-0.39, 0.29) is 12.4 Å². The molecule has 1 fully saturated rings. The van der Waals surface area contributed by atoms with Crippen molar-refractivity contribution in [3.8, 4) is 0 Å². The van der Waals surface area contributed by atoms with Crippen LogP contribution in [0, 0.1) is 11.8 Å². The van der Waals surface area contributed by atoms with Crippen molar-refractivity contribution in [1.82, 2.24) is 4.90 Å². The van der Waals surface area contributed by atoms with E-state index >= 15 is 0 Å². The third-order valence-electron chi connectivity index (χ3n) is 5.14. The lowest BCUT2D eigenvalue weighted by molar-refractivity contribution is 0.413. The van der Waals surface area contributed by atoms with Crippen molar-refractivity contribution in [1.29, 1.82) is 0 Å². The average molecular weight is 334 g/mol. The molecule has 0 radical (unpaired) electrons. The van der Waals surface area contributed by atoms with Gasteiger partial charge in [0.15, 0.2) is 0 Å². The van der Waals surface area contributed by atoms with Gasteiger partial charge in [0.05, 0.1) is 0 Å². The van der Waals surface area contributed by atoms with Crippen molar-refractivity contribution in [2.24, 2.45) is 11.8 Å². The second-order valence-electron chi connectivity index (χ2n) is 6.98. The van der Waals surface area contributed by atoms with E-state index in [1.54, 1.807) is 11.1 Å². The van der Waals surface area contributed by atoms with Gasteiger partial charge in [-0.3, -0.25) is 0 Å². The molecule has 2 bridgehead atoms. The molecular weight excluding hydrogens is 310 g/mol. The standard InChI is InChI=1S/C19H23NS.ClH/c1-20(2)12-16-11-13-6-7-15(10-13)18(16)17-5-3-4-14-8-9-21-19(14)17;/h3-5,8-9,13,15H,6-7,10-12H2,1-2H3;1H/t13-,15-;/m0./s1. The van der Waals surface area contributed by atoms with Gasteiger partial charge in [0.2, 0.25) is 0 Å². The van der Waals surface area contributed by atoms with Crippen LogP contribution >= 0.6 is 23.7 Å². The van der Waals surface area contributed by atoms with Crippen LogP contribution < -0.4 is 0 Å². The van der Waals surface area contributed by atoms with Crippen molar-refractivity contribution in [3.63, 3.8) is 0 Å². The number of likely N-dealkylation sites (N-methyl/N-ethyl adjacent to an activating group) is 1. The number of thiophene rings is 1. The zero-order valence-corrected chi connectivity index (χ0v) is 15.0. The van der Waals surface area contributed by atoms with E-state index in [0.29, 0.717) is 0 Å². The maximum Gasteiger partial charge on any atom is 0.0417 e. The predicted molar refractivity (Wildman–Crippen MR) is 100.0 cm³/mol. The first-order chi connectivity index (χ1) is 10.2. The molecule has 0 aliphatic heterocycles. The number of allylic oxidation sites excluding steroid dienone is 1. The molecule has 2 aliphatic rings. The minimum absolute atomic E-state index is 0. The van der Waals surface area contributed by atoms with Gasteiger partial charge in [-0.15, -0.1) is 23.7 Å². The minimum Gasteiger partial charge on any atom is -0.305 e. The Morgan fingerprint density at radius 1 is 1.18 bits per heavy atom. The summed E-state index contributed by atoms with van der Waals surface area (Å²) in [5, 5.41) is 3.65. The van der Waals surface area contributed by atoms with E-state index in [9.17, 15) is 0 Å². The Balaban J connectivity index is 0.00000144. The van der Waals surface area contributed by atoms with Crippen LogP contribution in [0.15, 0.2) is 35.2 Å². The quantitative estimate of drug-likeness (QED) is 0.721. The van der Waals surface area contributed by atoms with Crippen molar-refractivity contribution < 1.29 is 0 Å². The van der Waals surface area contributed by atoms with E-state index in [2.05, 4.69) is 48.6 Å². The molecule has 4 rings (SSSR count). The third-order valence-corrected chi connectivity index (χ3v) is 6.11. The number of halogens is 1. The van der Waals surface area contributed by atoms with Gasteiger partial charge in [0.25, 0.3) is 0 Å². The molecule has 0 N–H and O–H groups in total. The molecule has 22 heavy (non-hydrogen) atoms. The highest BCUT2D eigenvalue weighted by atomic mass is 35.5. The first-order valence-electron chi connectivity index (χ1n) is 8.05. The summed E-state index contributed by atoms with van der Waals surface area (Å²) in [6, 6.07) is 9.12. The first kappa shape index (κ1) is 16.0. The molecule has 1 nitrogen and oxygen atoms in total. The number of benzene rings is 1. The molecule has 1 saturated carbocycles. The molecule has 1 aromatic carbocycles. The van der Waals surface area contributed by atoms with E-state index < -0.39 is 0 Å². The number of hydrogen-bond donors (Lipinski definition) is 0. The highest BCUT2D eigenvalue weighted by Gasteiger charge is 2.35. The van der Waals surface area contributed by atoms with Crippen molar-refractivity contribution in [2.75, 3.05) is 20.6 Å². The summed E-state index contributed by atoms with van der Waals surface area (Å²) < 4.78 is 1.49. The zero-order valence-electron chi connectivity index (χ0n) is 13.3. The molecule has 0 unspecified atom stereocenters. The van der Waals surface area contributed by atoms with E-state index in [0.717, 1.165) is 18.4 Å². The SMILES string of the molecule is CN(C)CC1=C(c2cccc3ccsc23)[C@H]2CC[C@H](C1)C2.Cl. The highest BCUT2D eigenvalue weighted by Crippen LogP contribution is 2.50. The van der Waals surface area contributed by atoms with Crippen LogP contribution in [0.1, 0.15) is 31.2 Å². The van der Waals surface area contributed by atoms with Crippen molar-refractivity contribution in [3.05, 3.63) is 40.8 Å². The molecule has 2 aliphatic carbocycles. The van der Waals surface area contributed by atoms with Crippen LogP contribution in [-0.2, 0) is 0 Å². The maximum absolute atomic E-state index is 2.36. The summed E-state index contributed by atoms with van der Waals surface area (Å²) in [5.41, 5.74) is 4.94. The lowest BCUT2D eigenvalue weighted by Crippen LogP contribution is -2.21. The highest BCUT2D eigenvalue weighted by molar-refractivity contribution is 7.17. The lowest BCUT2D eigenvalue weighted by Gasteiger charge is -2.29. The van der Waals surface area contributed by atoms with Crippen LogP contribution in [0.25, 0.3) is 15.7 Å². The van der Waals surface area contributed by atoms with E-state index in [1.165, 1.54) is 41.3 Å². The lowest BCUT2D eigenvalue weighted by atomic mass is 9.79. The fourth-order valence-corrected chi connectivity index (χ4v) is 5.34. The van der Waals surface area contributed by atoms with Gasteiger partial charge in [0.1, 0.15) is 0 Å². The average Bonchev–Trinajstić information content (AvgIpc) is 3.05.